The summed E-state index contributed by atoms with van der Waals surface area (Å²) in [6.07, 6.45) is 5.95. The average molecular weight is 236 g/mol. The standard InChI is InChI=1S/C15H24O2/c1-10-8-13-6-5-7-14(17-12(3)16)15(13,4)9-11(10)2/h13-14H,5-9H2,1-4H3. The molecule has 17 heavy (non-hydrogen) atoms. The van der Waals surface area contributed by atoms with E-state index in [2.05, 4.69) is 20.8 Å². The van der Waals surface area contributed by atoms with Gasteiger partial charge in [0.05, 0.1) is 0 Å². The number of fused-ring (bicyclic) bond motifs is 1. The number of hydrogen-bond acceptors (Lipinski definition) is 2. The molecule has 2 aliphatic carbocycles. The zero-order valence-electron chi connectivity index (χ0n) is 11.5. The molecule has 2 nitrogen and oxygen atoms in total. The number of hydrogen-bond donors (Lipinski definition) is 0. The highest BCUT2D eigenvalue weighted by atomic mass is 16.5. The quantitative estimate of drug-likeness (QED) is 0.510. The fourth-order valence-corrected chi connectivity index (χ4v) is 3.73. The fraction of sp³-hybridized carbons (Fsp3) is 0.800. The number of ether oxygens (including phenoxy) is 1. The van der Waals surface area contributed by atoms with E-state index in [1.165, 1.54) is 31.8 Å². The molecule has 0 aromatic rings. The second kappa shape index (κ2) is 4.47. The van der Waals surface area contributed by atoms with Crippen molar-refractivity contribution in [2.24, 2.45) is 11.3 Å². The van der Waals surface area contributed by atoms with Crippen molar-refractivity contribution in [1.82, 2.24) is 0 Å². The highest BCUT2D eigenvalue weighted by molar-refractivity contribution is 5.66. The summed E-state index contributed by atoms with van der Waals surface area (Å²) in [7, 11) is 0. The van der Waals surface area contributed by atoms with Gasteiger partial charge in [0.25, 0.3) is 0 Å². The van der Waals surface area contributed by atoms with Crippen molar-refractivity contribution >= 4 is 5.97 Å². The molecule has 0 radical (unpaired) electrons. The van der Waals surface area contributed by atoms with Crippen LogP contribution in [0.1, 0.15) is 59.8 Å². The molecule has 2 aliphatic rings. The molecule has 1 fully saturated rings. The molecule has 0 aliphatic heterocycles. The number of allylic oxidation sites excluding steroid dienone is 2. The summed E-state index contributed by atoms with van der Waals surface area (Å²) < 4.78 is 5.59. The predicted octanol–water partition coefficient (Wildman–Crippen LogP) is 3.85. The van der Waals surface area contributed by atoms with Crippen molar-refractivity contribution in [3.05, 3.63) is 11.1 Å². The zero-order chi connectivity index (χ0) is 12.6. The molecule has 0 bridgehead atoms. The van der Waals surface area contributed by atoms with Crippen LogP contribution in [0.3, 0.4) is 0 Å². The van der Waals surface area contributed by atoms with Crippen LogP contribution in [0, 0.1) is 11.3 Å². The van der Waals surface area contributed by atoms with E-state index in [0.29, 0.717) is 5.92 Å². The van der Waals surface area contributed by atoms with Gasteiger partial charge >= 0.3 is 5.97 Å². The first kappa shape index (κ1) is 12.7. The Morgan fingerprint density at radius 3 is 2.65 bits per heavy atom. The molecule has 0 spiro atoms. The molecular weight excluding hydrogens is 212 g/mol. The molecule has 0 aromatic carbocycles. The van der Waals surface area contributed by atoms with Gasteiger partial charge in [-0.2, -0.15) is 0 Å². The first-order valence-corrected chi connectivity index (χ1v) is 6.76. The van der Waals surface area contributed by atoms with Gasteiger partial charge in [-0.15, -0.1) is 0 Å². The van der Waals surface area contributed by atoms with Crippen LogP contribution in [0.4, 0.5) is 0 Å². The lowest BCUT2D eigenvalue weighted by atomic mass is 9.58. The van der Waals surface area contributed by atoms with Crippen molar-refractivity contribution in [3.8, 4) is 0 Å². The largest absolute Gasteiger partial charge is 0.462 e. The van der Waals surface area contributed by atoms with E-state index >= 15 is 0 Å². The Hall–Kier alpha value is -0.790. The van der Waals surface area contributed by atoms with E-state index in [-0.39, 0.29) is 17.5 Å². The molecule has 1 saturated carbocycles. The van der Waals surface area contributed by atoms with Gasteiger partial charge in [0.15, 0.2) is 0 Å². The summed E-state index contributed by atoms with van der Waals surface area (Å²) in [4.78, 5) is 11.2. The Morgan fingerprint density at radius 1 is 1.29 bits per heavy atom. The Kier molecular flexibility index (Phi) is 3.33. The van der Waals surface area contributed by atoms with Crippen LogP contribution in [-0.2, 0) is 9.53 Å². The monoisotopic (exact) mass is 236 g/mol. The van der Waals surface area contributed by atoms with Crippen LogP contribution >= 0.6 is 0 Å². The molecule has 0 heterocycles. The second-order valence-corrected chi connectivity index (χ2v) is 6.17. The molecule has 96 valence electrons. The van der Waals surface area contributed by atoms with Crippen molar-refractivity contribution < 1.29 is 9.53 Å². The molecule has 0 amide bonds. The molecule has 0 saturated heterocycles. The predicted molar refractivity (Wildman–Crippen MR) is 68.6 cm³/mol. The SMILES string of the molecule is CC(=O)OC1CCCC2CC(C)=C(C)CC21C. The van der Waals surface area contributed by atoms with E-state index in [0.717, 1.165) is 12.8 Å². The lowest BCUT2D eigenvalue weighted by Gasteiger charge is -2.50. The summed E-state index contributed by atoms with van der Waals surface area (Å²) in [5.41, 5.74) is 3.23. The highest BCUT2D eigenvalue weighted by Crippen LogP contribution is 2.52. The third-order valence-electron chi connectivity index (χ3n) is 4.92. The van der Waals surface area contributed by atoms with Crippen molar-refractivity contribution in [1.29, 1.82) is 0 Å². The minimum absolute atomic E-state index is 0.124. The maximum Gasteiger partial charge on any atom is 0.302 e. The van der Waals surface area contributed by atoms with Crippen molar-refractivity contribution in [3.63, 3.8) is 0 Å². The summed E-state index contributed by atoms with van der Waals surface area (Å²) in [5, 5.41) is 0. The topological polar surface area (TPSA) is 26.3 Å². The Balaban J connectivity index is 2.24. The minimum atomic E-state index is -0.124. The van der Waals surface area contributed by atoms with Gasteiger partial charge in [0, 0.05) is 12.3 Å². The van der Waals surface area contributed by atoms with Crippen LogP contribution in [-0.4, -0.2) is 12.1 Å². The van der Waals surface area contributed by atoms with E-state index in [1.807, 2.05) is 0 Å². The summed E-state index contributed by atoms with van der Waals surface area (Å²) in [6.45, 7) is 8.34. The van der Waals surface area contributed by atoms with Crippen molar-refractivity contribution in [2.45, 2.75) is 65.9 Å². The first-order chi connectivity index (χ1) is 7.93. The van der Waals surface area contributed by atoms with Gasteiger partial charge in [-0.1, -0.05) is 18.1 Å². The third kappa shape index (κ3) is 2.27. The maximum atomic E-state index is 11.2. The molecule has 0 aromatic heterocycles. The van der Waals surface area contributed by atoms with Gasteiger partial charge in [0.1, 0.15) is 6.10 Å². The summed E-state index contributed by atoms with van der Waals surface area (Å²) in [5.74, 6) is 0.574. The van der Waals surface area contributed by atoms with Gasteiger partial charge in [-0.3, -0.25) is 4.79 Å². The summed E-state index contributed by atoms with van der Waals surface area (Å²) in [6, 6.07) is 0. The highest BCUT2D eigenvalue weighted by Gasteiger charge is 2.47. The van der Waals surface area contributed by atoms with Crippen LogP contribution in [0.15, 0.2) is 11.1 Å². The second-order valence-electron chi connectivity index (χ2n) is 6.17. The smallest absolute Gasteiger partial charge is 0.302 e. The van der Waals surface area contributed by atoms with E-state index in [9.17, 15) is 4.79 Å². The minimum Gasteiger partial charge on any atom is -0.462 e. The number of rotatable bonds is 1. The summed E-state index contributed by atoms with van der Waals surface area (Å²) >= 11 is 0. The first-order valence-electron chi connectivity index (χ1n) is 6.76. The van der Waals surface area contributed by atoms with E-state index in [4.69, 9.17) is 4.74 Å². The molecular formula is C15H24O2. The molecule has 2 heteroatoms. The fourth-order valence-electron chi connectivity index (χ4n) is 3.73. The molecule has 0 N–H and O–H groups in total. The van der Waals surface area contributed by atoms with Crippen LogP contribution in [0.25, 0.3) is 0 Å². The lowest BCUT2D eigenvalue weighted by Crippen LogP contribution is -2.46. The number of esters is 1. The maximum absolute atomic E-state index is 11.2. The van der Waals surface area contributed by atoms with E-state index in [1.54, 1.807) is 5.57 Å². The Labute approximate surface area is 104 Å². The Morgan fingerprint density at radius 2 is 2.00 bits per heavy atom. The third-order valence-corrected chi connectivity index (χ3v) is 4.92. The molecule has 3 atom stereocenters. The van der Waals surface area contributed by atoms with Crippen LogP contribution in [0.2, 0.25) is 0 Å². The van der Waals surface area contributed by atoms with Crippen molar-refractivity contribution in [2.75, 3.05) is 0 Å². The number of carbonyl (C=O) groups excluding carboxylic acids is 1. The van der Waals surface area contributed by atoms with Crippen LogP contribution in [0.5, 0.6) is 0 Å². The van der Waals surface area contributed by atoms with Gasteiger partial charge in [-0.25, -0.2) is 0 Å². The van der Waals surface area contributed by atoms with E-state index < -0.39 is 0 Å². The normalized spacial score (nSPS) is 37.6. The van der Waals surface area contributed by atoms with Gasteiger partial charge < -0.3 is 4.74 Å². The van der Waals surface area contributed by atoms with Gasteiger partial charge in [-0.05, 0) is 51.9 Å². The Bertz CT molecular complexity index is 356. The number of carbonyl (C=O) groups is 1. The van der Waals surface area contributed by atoms with Gasteiger partial charge in [0.2, 0.25) is 0 Å². The van der Waals surface area contributed by atoms with Crippen LogP contribution < -0.4 is 0 Å². The zero-order valence-corrected chi connectivity index (χ0v) is 11.5. The lowest BCUT2D eigenvalue weighted by molar-refractivity contribution is -0.160. The average Bonchev–Trinajstić information content (AvgIpc) is 2.22. The molecule has 3 unspecified atom stereocenters. The molecule has 2 rings (SSSR count).